The molecule has 126 valence electrons. The van der Waals surface area contributed by atoms with Crippen LogP contribution in [0.4, 0.5) is 19.0 Å². The molecule has 0 saturated heterocycles. The van der Waals surface area contributed by atoms with E-state index in [1.165, 1.54) is 6.07 Å². The van der Waals surface area contributed by atoms with Gasteiger partial charge in [-0.1, -0.05) is 0 Å². The molecule has 0 amide bonds. The number of anilines is 1. The summed E-state index contributed by atoms with van der Waals surface area (Å²) in [5, 5.41) is 3.90. The maximum atomic E-state index is 12.7. The fourth-order valence-electron chi connectivity index (χ4n) is 2.34. The Kier molecular flexibility index (Phi) is 4.39. The Morgan fingerprint density at radius 1 is 1.25 bits per heavy atom. The number of aromatic nitrogens is 3. The van der Waals surface area contributed by atoms with Gasteiger partial charge in [0.15, 0.2) is 0 Å². The van der Waals surface area contributed by atoms with Crippen LogP contribution in [0.3, 0.4) is 0 Å². The zero-order chi connectivity index (χ0) is 17.2. The van der Waals surface area contributed by atoms with E-state index in [1.807, 2.05) is 6.07 Å². The van der Waals surface area contributed by atoms with Crippen LogP contribution in [0.5, 0.6) is 0 Å². The van der Waals surface area contributed by atoms with E-state index in [2.05, 4.69) is 20.3 Å². The summed E-state index contributed by atoms with van der Waals surface area (Å²) in [4.78, 5) is 11.4. The molecule has 5 nitrogen and oxygen atoms in total. The van der Waals surface area contributed by atoms with Gasteiger partial charge in [-0.2, -0.15) is 13.2 Å². The van der Waals surface area contributed by atoms with Crippen LogP contribution in [0.1, 0.15) is 5.56 Å². The molecule has 0 unspecified atom stereocenters. The minimum atomic E-state index is -4.40. The number of methoxy groups -OCH3 is 1. The molecule has 3 heterocycles. The third kappa shape index (κ3) is 3.33. The SMILES string of the molecule is COCCNc1cc(-c2ccc(C(F)(F)F)cn2)c2cc[nH]c2n1. The predicted molar refractivity (Wildman–Crippen MR) is 84.7 cm³/mol. The molecule has 0 aliphatic carbocycles. The van der Waals surface area contributed by atoms with Gasteiger partial charge in [-0.25, -0.2) is 4.98 Å². The lowest BCUT2D eigenvalue weighted by atomic mass is 10.1. The van der Waals surface area contributed by atoms with Crippen molar-refractivity contribution in [3.05, 3.63) is 42.2 Å². The van der Waals surface area contributed by atoms with E-state index in [0.29, 0.717) is 35.9 Å². The zero-order valence-electron chi connectivity index (χ0n) is 12.8. The Labute approximate surface area is 135 Å². The van der Waals surface area contributed by atoms with Gasteiger partial charge in [-0.05, 0) is 24.3 Å². The number of nitrogens with zero attached hydrogens (tertiary/aromatic N) is 2. The Morgan fingerprint density at radius 3 is 2.75 bits per heavy atom. The number of nitrogens with one attached hydrogen (secondary N) is 2. The van der Waals surface area contributed by atoms with Crippen molar-refractivity contribution in [3.63, 3.8) is 0 Å². The molecular weight excluding hydrogens is 321 g/mol. The lowest BCUT2D eigenvalue weighted by Crippen LogP contribution is -2.09. The van der Waals surface area contributed by atoms with Crippen LogP contribution < -0.4 is 5.32 Å². The van der Waals surface area contributed by atoms with E-state index in [0.717, 1.165) is 17.6 Å². The zero-order valence-corrected chi connectivity index (χ0v) is 12.8. The van der Waals surface area contributed by atoms with Gasteiger partial charge in [-0.15, -0.1) is 0 Å². The molecule has 8 heteroatoms. The van der Waals surface area contributed by atoms with Crippen LogP contribution in [0.15, 0.2) is 36.7 Å². The first-order valence-electron chi connectivity index (χ1n) is 7.23. The van der Waals surface area contributed by atoms with E-state index >= 15 is 0 Å². The first-order valence-corrected chi connectivity index (χ1v) is 7.23. The molecule has 0 bridgehead atoms. The van der Waals surface area contributed by atoms with Gasteiger partial charge in [0.2, 0.25) is 0 Å². The summed E-state index contributed by atoms with van der Waals surface area (Å²) in [6.07, 6.45) is -1.84. The van der Waals surface area contributed by atoms with Crippen LogP contribution >= 0.6 is 0 Å². The van der Waals surface area contributed by atoms with E-state index in [9.17, 15) is 13.2 Å². The normalized spacial score (nSPS) is 11.8. The molecule has 2 N–H and O–H groups in total. The number of pyridine rings is 2. The summed E-state index contributed by atoms with van der Waals surface area (Å²) >= 11 is 0. The standard InChI is InChI=1S/C16H15F3N4O/c1-24-7-6-20-14-8-12(11-4-5-21-15(11)23-14)13-3-2-10(9-22-13)16(17,18)19/h2-5,8-9H,6-7H2,1H3,(H2,20,21,23). The van der Waals surface area contributed by atoms with Crippen LogP contribution in [0, 0.1) is 0 Å². The fraction of sp³-hybridized carbons (Fsp3) is 0.250. The second-order valence-electron chi connectivity index (χ2n) is 5.14. The van der Waals surface area contributed by atoms with Crippen molar-refractivity contribution in [2.75, 3.05) is 25.6 Å². The molecule has 0 radical (unpaired) electrons. The van der Waals surface area contributed by atoms with E-state index in [-0.39, 0.29) is 0 Å². The number of hydrogen-bond donors (Lipinski definition) is 2. The number of halogens is 3. The molecule has 0 aliphatic rings. The molecule has 0 saturated carbocycles. The maximum Gasteiger partial charge on any atom is 0.417 e. The summed E-state index contributed by atoms with van der Waals surface area (Å²) in [7, 11) is 1.60. The highest BCUT2D eigenvalue weighted by molar-refractivity contribution is 5.93. The minimum Gasteiger partial charge on any atom is -0.383 e. The van der Waals surface area contributed by atoms with Crippen molar-refractivity contribution in [2.45, 2.75) is 6.18 Å². The molecule has 3 rings (SSSR count). The van der Waals surface area contributed by atoms with Gasteiger partial charge >= 0.3 is 6.18 Å². The third-order valence-corrected chi connectivity index (χ3v) is 3.51. The average Bonchev–Trinajstić information content (AvgIpc) is 3.02. The number of ether oxygens (including phenoxy) is 1. The summed E-state index contributed by atoms with van der Waals surface area (Å²) in [6.45, 7) is 1.08. The number of fused-ring (bicyclic) bond motifs is 1. The molecule has 0 aromatic carbocycles. The topological polar surface area (TPSA) is 62.8 Å². The average molecular weight is 336 g/mol. The molecule has 24 heavy (non-hydrogen) atoms. The van der Waals surface area contributed by atoms with Gasteiger partial charge in [0, 0.05) is 37.0 Å². The highest BCUT2D eigenvalue weighted by atomic mass is 19.4. The van der Waals surface area contributed by atoms with Crippen molar-refractivity contribution < 1.29 is 17.9 Å². The first kappa shape index (κ1) is 16.3. The van der Waals surface area contributed by atoms with Crippen molar-refractivity contribution in [1.82, 2.24) is 15.0 Å². The molecule has 0 spiro atoms. The molecule has 3 aromatic heterocycles. The van der Waals surface area contributed by atoms with Crippen molar-refractivity contribution in [2.24, 2.45) is 0 Å². The van der Waals surface area contributed by atoms with E-state index in [1.54, 1.807) is 19.4 Å². The van der Waals surface area contributed by atoms with Crippen molar-refractivity contribution in [3.8, 4) is 11.3 Å². The first-order chi connectivity index (χ1) is 11.5. The van der Waals surface area contributed by atoms with Gasteiger partial charge in [0.1, 0.15) is 11.5 Å². The van der Waals surface area contributed by atoms with E-state index < -0.39 is 11.7 Å². The van der Waals surface area contributed by atoms with Crippen LogP contribution in [0.25, 0.3) is 22.3 Å². The summed E-state index contributed by atoms with van der Waals surface area (Å²) in [6, 6.07) is 5.97. The summed E-state index contributed by atoms with van der Waals surface area (Å²) in [5.41, 5.74) is 1.01. The highest BCUT2D eigenvalue weighted by Crippen LogP contribution is 2.32. The predicted octanol–water partition coefficient (Wildman–Crippen LogP) is 3.70. The largest absolute Gasteiger partial charge is 0.417 e. The molecule has 0 fully saturated rings. The summed E-state index contributed by atoms with van der Waals surface area (Å²) in [5.74, 6) is 0.596. The second-order valence-corrected chi connectivity index (χ2v) is 5.14. The molecule has 3 aromatic rings. The molecule has 0 atom stereocenters. The molecule has 0 aliphatic heterocycles. The minimum absolute atomic E-state index is 0.449. The lowest BCUT2D eigenvalue weighted by molar-refractivity contribution is -0.137. The van der Waals surface area contributed by atoms with Crippen molar-refractivity contribution >= 4 is 16.9 Å². The van der Waals surface area contributed by atoms with Crippen LogP contribution in [0.2, 0.25) is 0 Å². The fourth-order valence-corrected chi connectivity index (χ4v) is 2.34. The molecular formula is C16H15F3N4O. The Morgan fingerprint density at radius 2 is 2.08 bits per heavy atom. The van der Waals surface area contributed by atoms with E-state index in [4.69, 9.17) is 4.74 Å². The van der Waals surface area contributed by atoms with Crippen LogP contribution in [-0.2, 0) is 10.9 Å². The monoisotopic (exact) mass is 336 g/mol. The number of aromatic amines is 1. The lowest BCUT2D eigenvalue weighted by Gasteiger charge is -2.10. The Balaban J connectivity index is 1.99. The number of H-pyrrole nitrogens is 1. The second kappa shape index (κ2) is 6.48. The number of alkyl halides is 3. The number of hydrogen-bond acceptors (Lipinski definition) is 4. The maximum absolute atomic E-state index is 12.7. The Bertz CT molecular complexity index is 827. The number of rotatable bonds is 5. The van der Waals surface area contributed by atoms with Gasteiger partial charge in [-0.3, -0.25) is 4.98 Å². The van der Waals surface area contributed by atoms with Crippen molar-refractivity contribution in [1.29, 1.82) is 0 Å². The summed E-state index contributed by atoms with van der Waals surface area (Å²) < 4.78 is 43.0. The van der Waals surface area contributed by atoms with Gasteiger partial charge < -0.3 is 15.0 Å². The van der Waals surface area contributed by atoms with Crippen LogP contribution in [-0.4, -0.2) is 35.2 Å². The quantitative estimate of drug-likeness (QED) is 0.698. The van der Waals surface area contributed by atoms with Gasteiger partial charge in [0.25, 0.3) is 0 Å². The smallest absolute Gasteiger partial charge is 0.383 e. The highest BCUT2D eigenvalue weighted by Gasteiger charge is 2.30. The van der Waals surface area contributed by atoms with Gasteiger partial charge in [0.05, 0.1) is 17.9 Å². The third-order valence-electron chi connectivity index (χ3n) is 3.51. The Hall–Kier alpha value is -2.61.